The van der Waals surface area contributed by atoms with E-state index < -0.39 is 5.97 Å². The SMILES string of the molecule is COC(=O)c1cccc(NC(=O)C2CCCCN2)c1.Cl. The van der Waals surface area contributed by atoms with Gasteiger partial charge in [0.1, 0.15) is 0 Å². The molecule has 0 aromatic heterocycles. The maximum Gasteiger partial charge on any atom is 0.337 e. The Labute approximate surface area is 124 Å². The molecule has 2 N–H and O–H groups in total. The number of benzene rings is 1. The highest BCUT2D eigenvalue weighted by molar-refractivity contribution is 5.97. The van der Waals surface area contributed by atoms with E-state index in [4.69, 9.17) is 0 Å². The van der Waals surface area contributed by atoms with Crippen LogP contribution in [0.4, 0.5) is 5.69 Å². The lowest BCUT2D eigenvalue weighted by Crippen LogP contribution is -2.43. The number of hydrogen-bond acceptors (Lipinski definition) is 4. The molecule has 1 heterocycles. The zero-order valence-corrected chi connectivity index (χ0v) is 12.2. The quantitative estimate of drug-likeness (QED) is 0.837. The molecule has 0 spiro atoms. The Morgan fingerprint density at radius 3 is 2.80 bits per heavy atom. The van der Waals surface area contributed by atoms with Crippen molar-refractivity contribution in [3.8, 4) is 0 Å². The molecule has 0 bridgehead atoms. The first kappa shape index (κ1) is 16.5. The van der Waals surface area contributed by atoms with Gasteiger partial charge in [-0.25, -0.2) is 4.79 Å². The van der Waals surface area contributed by atoms with Crippen molar-refractivity contribution >= 4 is 30.0 Å². The number of anilines is 1. The van der Waals surface area contributed by atoms with Gasteiger partial charge in [-0.15, -0.1) is 12.4 Å². The minimum Gasteiger partial charge on any atom is -0.465 e. The number of carbonyl (C=O) groups excluding carboxylic acids is 2. The molecule has 0 aliphatic carbocycles. The first-order valence-electron chi connectivity index (χ1n) is 6.43. The number of hydrogen-bond donors (Lipinski definition) is 2. The van der Waals surface area contributed by atoms with Crippen LogP contribution in [0, 0.1) is 0 Å². The lowest BCUT2D eigenvalue weighted by Gasteiger charge is -2.22. The maximum absolute atomic E-state index is 12.0. The van der Waals surface area contributed by atoms with Crippen LogP contribution in [0.25, 0.3) is 0 Å². The Morgan fingerprint density at radius 2 is 2.15 bits per heavy atom. The van der Waals surface area contributed by atoms with E-state index in [1.165, 1.54) is 7.11 Å². The Kier molecular flexibility index (Phi) is 6.48. The molecule has 1 aromatic rings. The number of piperidine rings is 1. The molecule has 110 valence electrons. The normalized spacial score (nSPS) is 17.8. The van der Waals surface area contributed by atoms with E-state index >= 15 is 0 Å². The zero-order chi connectivity index (χ0) is 13.7. The van der Waals surface area contributed by atoms with Gasteiger partial charge in [0.05, 0.1) is 18.7 Å². The summed E-state index contributed by atoms with van der Waals surface area (Å²) in [4.78, 5) is 23.4. The van der Waals surface area contributed by atoms with E-state index in [1.54, 1.807) is 24.3 Å². The summed E-state index contributed by atoms with van der Waals surface area (Å²) >= 11 is 0. The van der Waals surface area contributed by atoms with Gasteiger partial charge >= 0.3 is 5.97 Å². The van der Waals surface area contributed by atoms with E-state index in [0.717, 1.165) is 25.8 Å². The molecule has 20 heavy (non-hydrogen) atoms. The highest BCUT2D eigenvalue weighted by Gasteiger charge is 2.20. The first-order valence-corrected chi connectivity index (χ1v) is 6.43. The Bertz CT molecular complexity index is 473. The minimum absolute atomic E-state index is 0. The molecule has 1 aliphatic rings. The zero-order valence-electron chi connectivity index (χ0n) is 11.3. The predicted molar refractivity (Wildman–Crippen MR) is 79.3 cm³/mol. The molecule has 0 saturated carbocycles. The molecule has 2 rings (SSSR count). The molecule has 5 nitrogen and oxygen atoms in total. The van der Waals surface area contributed by atoms with Crippen molar-refractivity contribution in [3.63, 3.8) is 0 Å². The van der Waals surface area contributed by atoms with E-state index in [9.17, 15) is 9.59 Å². The average molecular weight is 299 g/mol. The molecule has 1 aliphatic heterocycles. The van der Waals surface area contributed by atoms with Crippen molar-refractivity contribution in [2.75, 3.05) is 19.0 Å². The fraction of sp³-hybridized carbons (Fsp3) is 0.429. The summed E-state index contributed by atoms with van der Waals surface area (Å²) in [6, 6.07) is 6.60. The van der Waals surface area contributed by atoms with Crippen LogP contribution in [0.1, 0.15) is 29.6 Å². The standard InChI is InChI=1S/C14H18N2O3.ClH/c1-19-14(18)10-5-4-6-11(9-10)16-13(17)12-7-2-3-8-15-12;/h4-6,9,12,15H,2-3,7-8H2,1H3,(H,16,17);1H. The van der Waals surface area contributed by atoms with Crippen molar-refractivity contribution in [2.24, 2.45) is 0 Å². The molecule has 1 amide bonds. The minimum atomic E-state index is -0.410. The van der Waals surface area contributed by atoms with E-state index in [0.29, 0.717) is 11.3 Å². The molecule has 1 unspecified atom stereocenters. The summed E-state index contributed by atoms with van der Waals surface area (Å²) in [7, 11) is 1.33. The van der Waals surface area contributed by atoms with Crippen LogP contribution in [0.15, 0.2) is 24.3 Å². The highest BCUT2D eigenvalue weighted by atomic mass is 35.5. The Morgan fingerprint density at radius 1 is 1.35 bits per heavy atom. The largest absolute Gasteiger partial charge is 0.465 e. The van der Waals surface area contributed by atoms with Crippen molar-refractivity contribution < 1.29 is 14.3 Å². The smallest absolute Gasteiger partial charge is 0.337 e. The van der Waals surface area contributed by atoms with Gasteiger partial charge in [-0.2, -0.15) is 0 Å². The van der Waals surface area contributed by atoms with Crippen LogP contribution < -0.4 is 10.6 Å². The molecule has 1 atom stereocenters. The second kappa shape index (κ2) is 7.87. The van der Waals surface area contributed by atoms with Gasteiger partial charge in [0.25, 0.3) is 0 Å². The van der Waals surface area contributed by atoms with Crippen LogP contribution >= 0.6 is 12.4 Å². The third-order valence-electron chi connectivity index (χ3n) is 3.18. The molecule has 1 saturated heterocycles. The molecular formula is C14H19ClN2O3. The van der Waals surface area contributed by atoms with Crippen LogP contribution in [0.3, 0.4) is 0 Å². The van der Waals surface area contributed by atoms with E-state index in [-0.39, 0.29) is 24.4 Å². The van der Waals surface area contributed by atoms with Gasteiger partial charge in [-0.1, -0.05) is 12.5 Å². The molecule has 1 fully saturated rings. The summed E-state index contributed by atoms with van der Waals surface area (Å²) in [5.41, 5.74) is 1.04. The third kappa shape index (κ3) is 4.21. The maximum atomic E-state index is 12.0. The number of amides is 1. The summed E-state index contributed by atoms with van der Waals surface area (Å²) in [5, 5.41) is 6.01. The fourth-order valence-electron chi connectivity index (χ4n) is 2.15. The van der Waals surface area contributed by atoms with Crippen molar-refractivity contribution in [3.05, 3.63) is 29.8 Å². The third-order valence-corrected chi connectivity index (χ3v) is 3.18. The van der Waals surface area contributed by atoms with Gasteiger partial charge in [0.15, 0.2) is 0 Å². The topological polar surface area (TPSA) is 67.4 Å². The van der Waals surface area contributed by atoms with Crippen LogP contribution in [0.5, 0.6) is 0 Å². The van der Waals surface area contributed by atoms with Gasteiger partial charge in [-0.3, -0.25) is 4.79 Å². The van der Waals surface area contributed by atoms with Crippen molar-refractivity contribution in [1.82, 2.24) is 5.32 Å². The van der Waals surface area contributed by atoms with Gasteiger partial charge < -0.3 is 15.4 Å². The Hall–Kier alpha value is -1.59. The fourth-order valence-corrected chi connectivity index (χ4v) is 2.15. The van der Waals surface area contributed by atoms with Crippen LogP contribution in [-0.4, -0.2) is 31.6 Å². The second-order valence-corrected chi connectivity index (χ2v) is 4.56. The van der Waals surface area contributed by atoms with E-state index in [2.05, 4.69) is 15.4 Å². The number of ether oxygens (including phenoxy) is 1. The number of nitrogens with one attached hydrogen (secondary N) is 2. The Balaban J connectivity index is 0.00000200. The van der Waals surface area contributed by atoms with Crippen molar-refractivity contribution in [2.45, 2.75) is 25.3 Å². The first-order chi connectivity index (χ1) is 9.20. The monoisotopic (exact) mass is 298 g/mol. The average Bonchev–Trinajstić information content (AvgIpc) is 2.47. The number of halogens is 1. The van der Waals surface area contributed by atoms with Gasteiger partial charge in [0.2, 0.25) is 5.91 Å². The second-order valence-electron chi connectivity index (χ2n) is 4.56. The lowest BCUT2D eigenvalue weighted by molar-refractivity contribution is -0.118. The molecule has 6 heteroatoms. The number of rotatable bonds is 3. The predicted octanol–water partition coefficient (Wildman–Crippen LogP) is 1.98. The molecular weight excluding hydrogens is 280 g/mol. The number of esters is 1. The summed E-state index contributed by atoms with van der Waals surface area (Å²) in [6.45, 7) is 0.875. The molecule has 1 aromatic carbocycles. The molecule has 0 radical (unpaired) electrons. The van der Waals surface area contributed by atoms with Gasteiger partial charge in [-0.05, 0) is 37.6 Å². The highest BCUT2D eigenvalue weighted by Crippen LogP contribution is 2.14. The van der Waals surface area contributed by atoms with Crippen LogP contribution in [0.2, 0.25) is 0 Å². The van der Waals surface area contributed by atoms with E-state index in [1.807, 2.05) is 0 Å². The summed E-state index contributed by atoms with van der Waals surface area (Å²) in [6.07, 6.45) is 3.03. The summed E-state index contributed by atoms with van der Waals surface area (Å²) < 4.78 is 4.65. The summed E-state index contributed by atoms with van der Waals surface area (Å²) in [5.74, 6) is -0.464. The number of carbonyl (C=O) groups is 2. The lowest BCUT2D eigenvalue weighted by atomic mass is 10.0. The number of methoxy groups -OCH3 is 1. The van der Waals surface area contributed by atoms with Gasteiger partial charge in [0, 0.05) is 5.69 Å². The van der Waals surface area contributed by atoms with Crippen molar-refractivity contribution in [1.29, 1.82) is 0 Å². The van der Waals surface area contributed by atoms with Crippen LogP contribution in [-0.2, 0) is 9.53 Å².